The van der Waals surface area contributed by atoms with Gasteiger partial charge in [-0.15, -0.1) is 0 Å². The number of ether oxygens (including phenoxy) is 3. The molecule has 0 spiro atoms. The van der Waals surface area contributed by atoms with Crippen molar-refractivity contribution in [2.45, 2.75) is 64.1 Å². The summed E-state index contributed by atoms with van der Waals surface area (Å²) in [4.78, 5) is 35.9. The van der Waals surface area contributed by atoms with Crippen LogP contribution in [0.4, 0.5) is 4.79 Å². The van der Waals surface area contributed by atoms with E-state index in [0.29, 0.717) is 6.54 Å². The van der Waals surface area contributed by atoms with Gasteiger partial charge in [0, 0.05) is 19.5 Å². The summed E-state index contributed by atoms with van der Waals surface area (Å²) in [6, 6.07) is -0.0713. The maximum absolute atomic E-state index is 12.3. The molecule has 1 saturated heterocycles. The largest absolute Gasteiger partial charge is 0.464 e. The van der Waals surface area contributed by atoms with E-state index in [1.807, 2.05) is 0 Å². The molecule has 0 aromatic heterocycles. The minimum absolute atomic E-state index is 0.0713. The van der Waals surface area contributed by atoms with E-state index in [4.69, 9.17) is 13.9 Å². The van der Waals surface area contributed by atoms with Crippen LogP contribution in [0.2, 0.25) is 18.1 Å². The lowest BCUT2D eigenvalue weighted by Crippen LogP contribution is -2.51. The first-order valence-electron chi connectivity index (χ1n) is 9.16. The molecule has 0 aromatic rings. The summed E-state index contributed by atoms with van der Waals surface area (Å²) in [7, 11) is 0.0784. The summed E-state index contributed by atoms with van der Waals surface area (Å²) in [5.41, 5.74) is -0.227. The Morgan fingerprint density at radius 2 is 1.72 bits per heavy atom. The van der Waals surface area contributed by atoms with E-state index in [2.05, 4.69) is 65.2 Å². The molecule has 1 aliphatic rings. The van der Waals surface area contributed by atoms with Gasteiger partial charge < -0.3 is 24.0 Å². The zero-order valence-electron chi connectivity index (χ0n) is 18.2. The third-order valence-corrected chi connectivity index (χ3v) is 10.3. The molecule has 1 unspecified atom stereocenters. The number of methoxy groups -OCH3 is 2. The number of halogens is 1. The Morgan fingerprint density at radius 1 is 1.17 bits per heavy atom. The molecule has 0 saturated carbocycles. The van der Waals surface area contributed by atoms with Gasteiger partial charge in [-0.05, 0) is 34.1 Å². The Labute approximate surface area is 181 Å². The Morgan fingerprint density at radius 3 is 2.10 bits per heavy atom. The first-order chi connectivity index (χ1) is 13.2. The molecule has 0 aliphatic carbocycles. The second-order valence-electron chi connectivity index (χ2n) is 8.22. The summed E-state index contributed by atoms with van der Waals surface area (Å²) < 4.78 is 21.5. The number of alkyl carbamates (subject to hydrolysis) is 1. The number of rotatable bonds is 8. The van der Waals surface area contributed by atoms with Gasteiger partial charge in [-0.2, -0.15) is 0 Å². The fourth-order valence-electron chi connectivity index (χ4n) is 2.22. The van der Waals surface area contributed by atoms with Gasteiger partial charge >= 0.3 is 18.0 Å². The van der Waals surface area contributed by atoms with E-state index < -0.39 is 38.6 Å². The van der Waals surface area contributed by atoms with E-state index in [0.717, 1.165) is 0 Å². The maximum atomic E-state index is 12.3. The van der Waals surface area contributed by atoms with Gasteiger partial charge in [-0.1, -0.05) is 20.8 Å². The van der Waals surface area contributed by atoms with Crippen LogP contribution in [0.25, 0.3) is 0 Å². The second-order valence-corrected chi connectivity index (χ2v) is 13.8. The van der Waals surface area contributed by atoms with Crippen LogP contribution < -0.4 is 10.6 Å². The Bertz CT molecular complexity index is 672. The molecular weight excluding hydrogens is 464 g/mol. The molecule has 1 aliphatic heterocycles. The number of nitrogens with one attached hydrogen (secondary N) is 2. The molecule has 1 amide bonds. The van der Waals surface area contributed by atoms with Crippen molar-refractivity contribution in [3.63, 3.8) is 0 Å². The van der Waals surface area contributed by atoms with Crippen molar-refractivity contribution < 1.29 is 33.0 Å². The SMILES string of the molecule is COC(=O)N/C(C(=O)OC)=C(\Br)[C@@H](OC(C)=O)[C@H](O[Si](C)(C)C(C)(C)C)C1CN1. The molecule has 0 aromatic carbocycles. The highest BCUT2D eigenvalue weighted by atomic mass is 79.9. The molecule has 1 heterocycles. The smallest absolute Gasteiger partial charge is 0.411 e. The topological polar surface area (TPSA) is 122 Å². The monoisotopic (exact) mass is 494 g/mol. The highest BCUT2D eigenvalue weighted by Gasteiger charge is 2.48. The fraction of sp³-hybridized carbons (Fsp3) is 0.722. The van der Waals surface area contributed by atoms with E-state index in [9.17, 15) is 14.4 Å². The van der Waals surface area contributed by atoms with E-state index in [1.165, 1.54) is 21.1 Å². The number of hydrogen-bond donors (Lipinski definition) is 2. The van der Waals surface area contributed by atoms with E-state index in [1.54, 1.807) is 0 Å². The van der Waals surface area contributed by atoms with E-state index >= 15 is 0 Å². The van der Waals surface area contributed by atoms with E-state index in [-0.39, 0.29) is 21.3 Å². The lowest BCUT2D eigenvalue weighted by molar-refractivity contribution is -0.149. The van der Waals surface area contributed by atoms with Gasteiger partial charge in [0.1, 0.15) is 11.8 Å². The second kappa shape index (κ2) is 10.1. The summed E-state index contributed by atoms with van der Waals surface area (Å²) in [6.45, 7) is 12.4. The highest BCUT2D eigenvalue weighted by Crippen LogP contribution is 2.40. The van der Waals surface area contributed by atoms with Crippen LogP contribution in [0.15, 0.2) is 10.2 Å². The first-order valence-corrected chi connectivity index (χ1v) is 12.9. The normalized spacial score (nSPS) is 19.4. The molecule has 11 heteroatoms. The molecule has 1 fully saturated rings. The Hall–Kier alpha value is -1.43. The number of hydrogen-bond acceptors (Lipinski definition) is 8. The minimum atomic E-state index is -2.26. The lowest BCUT2D eigenvalue weighted by atomic mass is 10.1. The molecule has 0 radical (unpaired) electrons. The number of esters is 2. The summed E-state index contributed by atoms with van der Waals surface area (Å²) >= 11 is 3.33. The molecule has 29 heavy (non-hydrogen) atoms. The van der Waals surface area contributed by atoms with Crippen molar-refractivity contribution in [1.82, 2.24) is 10.6 Å². The lowest BCUT2D eigenvalue weighted by Gasteiger charge is -2.41. The van der Waals surface area contributed by atoms with Crippen molar-refractivity contribution >= 4 is 42.3 Å². The summed E-state index contributed by atoms with van der Waals surface area (Å²) in [5, 5.41) is 5.41. The predicted molar refractivity (Wildman–Crippen MR) is 113 cm³/mol. The van der Waals surface area contributed by atoms with Crippen molar-refractivity contribution in [2.75, 3.05) is 20.8 Å². The average Bonchev–Trinajstić information content (AvgIpc) is 3.44. The van der Waals surface area contributed by atoms with Crippen molar-refractivity contribution in [2.24, 2.45) is 0 Å². The van der Waals surface area contributed by atoms with Gasteiger partial charge in [0.25, 0.3) is 0 Å². The third kappa shape index (κ3) is 7.09. The number of carbonyl (C=O) groups excluding carboxylic acids is 3. The zero-order valence-corrected chi connectivity index (χ0v) is 20.8. The standard InChI is InChI=1S/C18H31BrN2O7Si/c1-10(22)27-15(12(19)13(16(23)25-5)21-17(24)26-6)14(11-9-20-11)28-29(7,8)18(2,3)4/h11,14-15,20H,9H2,1-8H3,(H,21,24)/b13-12-/t11?,14-,15-/m1/s1. The molecule has 0 bridgehead atoms. The number of amides is 1. The minimum Gasteiger partial charge on any atom is -0.464 e. The van der Waals surface area contributed by atoms with Crippen molar-refractivity contribution in [1.29, 1.82) is 0 Å². The quantitative estimate of drug-likeness (QED) is 0.173. The molecule has 9 nitrogen and oxygen atoms in total. The van der Waals surface area contributed by atoms with Gasteiger partial charge in [0.05, 0.1) is 18.7 Å². The highest BCUT2D eigenvalue weighted by molar-refractivity contribution is 9.11. The summed E-state index contributed by atoms with van der Waals surface area (Å²) in [6.07, 6.45) is -2.42. The van der Waals surface area contributed by atoms with Crippen LogP contribution >= 0.6 is 15.9 Å². The van der Waals surface area contributed by atoms with Gasteiger partial charge in [0.15, 0.2) is 14.4 Å². The Balaban J connectivity index is 3.43. The molecule has 1 rings (SSSR count). The Kier molecular flexibility index (Phi) is 8.87. The van der Waals surface area contributed by atoms with Crippen molar-refractivity contribution in [3.8, 4) is 0 Å². The van der Waals surface area contributed by atoms with Gasteiger partial charge in [-0.3, -0.25) is 10.1 Å². The first kappa shape index (κ1) is 25.6. The van der Waals surface area contributed by atoms with Gasteiger partial charge in [-0.25, -0.2) is 9.59 Å². The molecule has 3 atom stereocenters. The van der Waals surface area contributed by atoms with Crippen LogP contribution in [0.3, 0.4) is 0 Å². The van der Waals surface area contributed by atoms with Crippen LogP contribution in [0.5, 0.6) is 0 Å². The zero-order chi connectivity index (χ0) is 22.6. The van der Waals surface area contributed by atoms with Crippen LogP contribution in [-0.4, -0.2) is 65.4 Å². The number of carbonyl (C=O) groups is 3. The van der Waals surface area contributed by atoms with Crippen LogP contribution in [-0.2, 0) is 28.2 Å². The molecular formula is C18H31BrN2O7Si. The maximum Gasteiger partial charge on any atom is 0.411 e. The van der Waals surface area contributed by atoms with Crippen LogP contribution in [0.1, 0.15) is 27.7 Å². The van der Waals surface area contributed by atoms with Crippen LogP contribution in [0, 0.1) is 0 Å². The van der Waals surface area contributed by atoms with Crippen molar-refractivity contribution in [3.05, 3.63) is 10.2 Å². The summed E-state index contributed by atoms with van der Waals surface area (Å²) in [5.74, 6) is -1.38. The molecule has 166 valence electrons. The predicted octanol–water partition coefficient (Wildman–Crippen LogP) is 2.42. The molecule has 2 N–H and O–H groups in total. The van der Waals surface area contributed by atoms with Gasteiger partial charge in [0.2, 0.25) is 0 Å². The third-order valence-electron chi connectivity index (χ3n) is 4.96. The average molecular weight is 495 g/mol. The fourth-order valence-corrected chi connectivity index (χ4v) is 4.16.